The second-order valence-corrected chi connectivity index (χ2v) is 6.74. The van der Waals surface area contributed by atoms with Crippen molar-refractivity contribution in [2.75, 3.05) is 7.11 Å². The minimum absolute atomic E-state index is 0.00849. The summed E-state index contributed by atoms with van der Waals surface area (Å²) in [5.41, 5.74) is 2.24. The molecule has 3 N–H and O–H groups in total. The van der Waals surface area contributed by atoms with E-state index in [1.807, 2.05) is 19.9 Å². The van der Waals surface area contributed by atoms with Crippen LogP contribution >= 0.6 is 0 Å². The number of allylic oxidation sites excluding steroid dienone is 2. The Morgan fingerprint density at radius 2 is 1.96 bits per heavy atom. The number of methoxy groups -OCH3 is 1. The molecular weight excluding hydrogens is 348 g/mol. The summed E-state index contributed by atoms with van der Waals surface area (Å²) in [6.07, 6.45) is 1.59. The largest absolute Gasteiger partial charge is 0.508 e. The predicted molar refractivity (Wildman–Crippen MR) is 99.9 cm³/mol. The normalized spacial score (nSPS) is 15.7. The number of hydrogen-bond donors (Lipinski definition) is 3. The van der Waals surface area contributed by atoms with E-state index in [1.165, 1.54) is 31.4 Å². The predicted octanol–water partition coefficient (Wildman–Crippen LogP) is 4.03. The highest BCUT2D eigenvalue weighted by Gasteiger charge is 2.34. The molecule has 1 atom stereocenters. The zero-order valence-electron chi connectivity index (χ0n) is 15.4. The van der Waals surface area contributed by atoms with Gasteiger partial charge in [-0.15, -0.1) is 0 Å². The molecule has 0 saturated carbocycles. The number of fused-ring (bicyclic) bond motifs is 1. The van der Waals surface area contributed by atoms with E-state index in [9.17, 15) is 20.1 Å². The Morgan fingerprint density at radius 3 is 2.59 bits per heavy atom. The first kappa shape index (κ1) is 18.6. The molecule has 0 spiro atoms. The van der Waals surface area contributed by atoms with E-state index in [0.29, 0.717) is 23.1 Å². The number of ketones is 1. The maximum Gasteiger partial charge on any atom is 0.174 e. The summed E-state index contributed by atoms with van der Waals surface area (Å²) in [6, 6.07) is 5.56. The van der Waals surface area contributed by atoms with Gasteiger partial charge in [0.1, 0.15) is 40.4 Å². The van der Waals surface area contributed by atoms with E-state index in [0.717, 1.165) is 5.57 Å². The highest BCUT2D eigenvalue weighted by atomic mass is 16.5. The van der Waals surface area contributed by atoms with Crippen LogP contribution in [-0.2, 0) is 6.42 Å². The molecule has 2 aromatic rings. The molecule has 0 aliphatic carbocycles. The first-order chi connectivity index (χ1) is 12.8. The monoisotopic (exact) mass is 370 g/mol. The number of hydrogen-bond acceptors (Lipinski definition) is 6. The Kier molecular flexibility index (Phi) is 4.99. The summed E-state index contributed by atoms with van der Waals surface area (Å²) < 4.78 is 11.3. The van der Waals surface area contributed by atoms with E-state index in [1.54, 1.807) is 0 Å². The molecular formula is C21H22O6. The molecule has 0 bridgehead atoms. The maximum atomic E-state index is 12.8. The third kappa shape index (κ3) is 3.56. The fourth-order valence-electron chi connectivity index (χ4n) is 3.15. The van der Waals surface area contributed by atoms with Gasteiger partial charge in [-0.1, -0.05) is 11.6 Å². The van der Waals surface area contributed by atoms with Crippen LogP contribution in [0.4, 0.5) is 0 Å². The number of benzene rings is 2. The van der Waals surface area contributed by atoms with Crippen LogP contribution in [0.2, 0.25) is 0 Å². The summed E-state index contributed by atoms with van der Waals surface area (Å²) in [5, 5.41) is 30.1. The smallest absolute Gasteiger partial charge is 0.174 e. The van der Waals surface area contributed by atoms with E-state index in [-0.39, 0.29) is 41.0 Å². The van der Waals surface area contributed by atoms with E-state index >= 15 is 0 Å². The fourth-order valence-corrected chi connectivity index (χ4v) is 3.15. The molecule has 6 heteroatoms. The number of aromatic hydroxyl groups is 3. The van der Waals surface area contributed by atoms with E-state index in [2.05, 4.69) is 0 Å². The maximum absolute atomic E-state index is 12.8. The molecule has 27 heavy (non-hydrogen) atoms. The molecule has 0 unspecified atom stereocenters. The summed E-state index contributed by atoms with van der Waals surface area (Å²) in [6.45, 7) is 3.88. The summed E-state index contributed by atoms with van der Waals surface area (Å²) in [7, 11) is 1.43. The molecule has 0 amide bonds. The molecule has 1 aliphatic heterocycles. The molecule has 2 aromatic carbocycles. The topological polar surface area (TPSA) is 96.2 Å². The molecule has 0 fully saturated rings. The summed E-state index contributed by atoms with van der Waals surface area (Å²) in [4.78, 5) is 12.8. The standard InChI is InChI=1S/C21H22O6/c1-11(2)4-6-14-16(24)9-19(26-3)20-17(25)10-18(27-21(14)20)13-7-5-12(22)8-15(13)23/h4-5,7-9,18,22-24H,6,10H2,1-3H3/t18-/m0/s1. The summed E-state index contributed by atoms with van der Waals surface area (Å²) in [5.74, 6) is 0.0481. The molecule has 0 radical (unpaired) electrons. The first-order valence-electron chi connectivity index (χ1n) is 8.59. The second-order valence-electron chi connectivity index (χ2n) is 6.74. The van der Waals surface area contributed by atoms with Crippen molar-refractivity contribution in [2.24, 2.45) is 0 Å². The lowest BCUT2D eigenvalue weighted by Gasteiger charge is -2.29. The quantitative estimate of drug-likeness (QED) is 0.703. The van der Waals surface area contributed by atoms with Crippen molar-refractivity contribution in [2.45, 2.75) is 32.8 Å². The lowest BCUT2D eigenvalue weighted by atomic mass is 9.92. The first-order valence-corrected chi connectivity index (χ1v) is 8.59. The Balaban J connectivity index is 2.12. The van der Waals surface area contributed by atoms with Gasteiger partial charge >= 0.3 is 0 Å². The van der Waals surface area contributed by atoms with Gasteiger partial charge in [0.05, 0.1) is 13.5 Å². The van der Waals surface area contributed by atoms with Crippen LogP contribution in [0, 0.1) is 0 Å². The van der Waals surface area contributed by atoms with Crippen molar-refractivity contribution in [1.29, 1.82) is 0 Å². The number of phenolic OH excluding ortho intramolecular Hbond substituents is 3. The molecule has 1 aliphatic rings. The van der Waals surface area contributed by atoms with Crippen LogP contribution in [0.1, 0.15) is 47.9 Å². The Bertz CT molecular complexity index is 925. The van der Waals surface area contributed by atoms with E-state index < -0.39 is 6.10 Å². The molecule has 1 heterocycles. The van der Waals surface area contributed by atoms with Gasteiger partial charge < -0.3 is 24.8 Å². The number of carbonyl (C=O) groups excluding carboxylic acids is 1. The van der Waals surface area contributed by atoms with Crippen LogP contribution < -0.4 is 9.47 Å². The van der Waals surface area contributed by atoms with Crippen LogP contribution in [0.15, 0.2) is 35.9 Å². The lowest BCUT2D eigenvalue weighted by molar-refractivity contribution is 0.0839. The van der Waals surface area contributed by atoms with Crippen molar-refractivity contribution >= 4 is 5.78 Å². The molecule has 142 valence electrons. The van der Waals surface area contributed by atoms with E-state index in [4.69, 9.17) is 9.47 Å². The van der Waals surface area contributed by atoms with Gasteiger partial charge in [-0.25, -0.2) is 0 Å². The molecule has 0 aromatic heterocycles. The molecule has 3 rings (SSSR count). The SMILES string of the molecule is COc1cc(O)c(CC=C(C)C)c2c1C(=O)C[C@@H](c1ccc(O)cc1O)O2. The third-order valence-corrected chi connectivity index (χ3v) is 4.53. The Labute approximate surface area is 157 Å². The van der Waals surface area contributed by atoms with Gasteiger partial charge in [-0.2, -0.15) is 0 Å². The van der Waals surface area contributed by atoms with Crippen LogP contribution in [0.3, 0.4) is 0 Å². The van der Waals surface area contributed by atoms with Gasteiger partial charge in [-0.3, -0.25) is 4.79 Å². The van der Waals surface area contributed by atoms with Gasteiger partial charge in [0.25, 0.3) is 0 Å². The van der Waals surface area contributed by atoms with Gasteiger partial charge in [0.2, 0.25) is 0 Å². The zero-order valence-corrected chi connectivity index (χ0v) is 15.4. The highest BCUT2D eigenvalue weighted by molar-refractivity contribution is 6.03. The van der Waals surface area contributed by atoms with Gasteiger partial charge in [-0.05, 0) is 32.4 Å². The number of phenols is 3. The van der Waals surface area contributed by atoms with Crippen molar-refractivity contribution in [3.63, 3.8) is 0 Å². The second kappa shape index (κ2) is 7.23. The van der Waals surface area contributed by atoms with Crippen molar-refractivity contribution in [3.05, 3.63) is 52.6 Å². The molecule has 6 nitrogen and oxygen atoms in total. The minimum Gasteiger partial charge on any atom is -0.508 e. The fraction of sp³-hybridized carbons (Fsp3) is 0.286. The van der Waals surface area contributed by atoms with Gasteiger partial charge in [0, 0.05) is 23.3 Å². The average Bonchev–Trinajstić information content (AvgIpc) is 2.59. The van der Waals surface area contributed by atoms with Crippen molar-refractivity contribution in [1.82, 2.24) is 0 Å². The van der Waals surface area contributed by atoms with Crippen LogP contribution in [0.25, 0.3) is 0 Å². The average molecular weight is 370 g/mol. The number of carbonyl (C=O) groups is 1. The summed E-state index contributed by atoms with van der Waals surface area (Å²) >= 11 is 0. The van der Waals surface area contributed by atoms with Crippen LogP contribution in [0.5, 0.6) is 28.7 Å². The minimum atomic E-state index is -0.734. The zero-order chi connectivity index (χ0) is 19.7. The van der Waals surface area contributed by atoms with Gasteiger partial charge in [0.15, 0.2) is 5.78 Å². The van der Waals surface area contributed by atoms with Crippen LogP contribution in [-0.4, -0.2) is 28.2 Å². The third-order valence-electron chi connectivity index (χ3n) is 4.53. The van der Waals surface area contributed by atoms with Crippen molar-refractivity contribution < 1.29 is 29.6 Å². The van der Waals surface area contributed by atoms with Crippen molar-refractivity contribution in [3.8, 4) is 28.7 Å². The lowest BCUT2D eigenvalue weighted by Crippen LogP contribution is -2.22. The number of ether oxygens (including phenoxy) is 2. The molecule has 0 saturated heterocycles. The highest BCUT2D eigenvalue weighted by Crippen LogP contribution is 2.47. The number of Topliss-reactive ketones (excluding diaryl/α,β-unsaturated/α-hetero) is 1. The Hall–Kier alpha value is -3.15. The Morgan fingerprint density at radius 1 is 1.22 bits per heavy atom. The number of rotatable bonds is 4.